The van der Waals surface area contributed by atoms with E-state index in [1.54, 1.807) is 0 Å². The van der Waals surface area contributed by atoms with Crippen LogP contribution in [-0.4, -0.2) is 49.3 Å². The van der Waals surface area contributed by atoms with E-state index < -0.39 is 0 Å². The number of nitrogens with one attached hydrogen (secondary N) is 1. The summed E-state index contributed by atoms with van der Waals surface area (Å²) < 4.78 is 0. The SMILES string of the molecule is C[C@@H](Cc1ccccc1C[C@H](C)C1=NCCN1CCc1cccs1)C1=NCCN1. The molecule has 1 N–H and O–H groups in total. The molecule has 2 aliphatic rings. The monoisotopic (exact) mass is 408 g/mol. The summed E-state index contributed by atoms with van der Waals surface area (Å²) in [5.74, 6) is 3.36. The van der Waals surface area contributed by atoms with Crippen molar-refractivity contribution in [3.05, 3.63) is 57.8 Å². The van der Waals surface area contributed by atoms with Crippen LogP contribution in [0.4, 0.5) is 0 Å². The van der Waals surface area contributed by atoms with E-state index in [1.807, 2.05) is 11.3 Å². The average Bonchev–Trinajstić information content (AvgIpc) is 3.50. The summed E-state index contributed by atoms with van der Waals surface area (Å²) in [7, 11) is 0. The van der Waals surface area contributed by atoms with E-state index >= 15 is 0 Å². The molecule has 0 unspecified atom stereocenters. The molecule has 2 aliphatic heterocycles. The molecule has 5 heteroatoms. The van der Waals surface area contributed by atoms with Crippen molar-refractivity contribution >= 4 is 23.0 Å². The van der Waals surface area contributed by atoms with Crippen molar-refractivity contribution in [1.29, 1.82) is 0 Å². The molecule has 4 rings (SSSR count). The van der Waals surface area contributed by atoms with Gasteiger partial charge in [-0.05, 0) is 41.8 Å². The first-order chi connectivity index (χ1) is 14.2. The number of hydrogen-bond donors (Lipinski definition) is 1. The molecule has 1 aromatic carbocycles. The van der Waals surface area contributed by atoms with E-state index in [9.17, 15) is 0 Å². The van der Waals surface area contributed by atoms with E-state index in [1.165, 1.54) is 27.7 Å². The van der Waals surface area contributed by atoms with Crippen LogP contribution in [0.1, 0.15) is 29.9 Å². The normalized spacial score (nSPS) is 18.3. The molecule has 1 aromatic heterocycles. The summed E-state index contributed by atoms with van der Waals surface area (Å²) in [5, 5.41) is 5.61. The predicted molar refractivity (Wildman–Crippen MR) is 124 cm³/mol. The Bertz CT molecular complexity index is 856. The largest absolute Gasteiger partial charge is 0.372 e. The number of nitrogens with zero attached hydrogens (tertiary/aromatic N) is 3. The van der Waals surface area contributed by atoms with Crippen LogP contribution in [0.25, 0.3) is 0 Å². The summed E-state index contributed by atoms with van der Waals surface area (Å²) in [6.07, 6.45) is 3.22. The smallest absolute Gasteiger partial charge is 0.102 e. The molecule has 0 saturated carbocycles. The van der Waals surface area contributed by atoms with Gasteiger partial charge in [-0.2, -0.15) is 0 Å². The van der Waals surface area contributed by atoms with Gasteiger partial charge in [0, 0.05) is 36.3 Å². The fourth-order valence-corrected chi connectivity index (χ4v) is 5.14. The second kappa shape index (κ2) is 9.57. The van der Waals surface area contributed by atoms with Crippen molar-refractivity contribution in [2.45, 2.75) is 33.1 Å². The van der Waals surface area contributed by atoms with E-state index in [0.29, 0.717) is 11.8 Å². The Hall–Kier alpha value is -2.14. The van der Waals surface area contributed by atoms with Gasteiger partial charge < -0.3 is 10.2 Å². The van der Waals surface area contributed by atoms with Crippen LogP contribution in [0, 0.1) is 11.8 Å². The minimum Gasteiger partial charge on any atom is -0.372 e. The highest BCUT2D eigenvalue weighted by Gasteiger charge is 2.24. The Morgan fingerprint density at radius 1 is 1.00 bits per heavy atom. The molecule has 0 bridgehead atoms. The fraction of sp³-hybridized carbons (Fsp3) is 0.500. The number of rotatable bonds is 9. The maximum Gasteiger partial charge on any atom is 0.102 e. The average molecular weight is 409 g/mol. The van der Waals surface area contributed by atoms with Crippen LogP contribution in [0.5, 0.6) is 0 Å². The van der Waals surface area contributed by atoms with Gasteiger partial charge >= 0.3 is 0 Å². The molecule has 4 nitrogen and oxygen atoms in total. The first kappa shape index (κ1) is 20.1. The highest BCUT2D eigenvalue weighted by Crippen LogP contribution is 2.22. The summed E-state index contributed by atoms with van der Waals surface area (Å²) in [4.78, 5) is 13.5. The molecule has 0 amide bonds. The van der Waals surface area contributed by atoms with Crippen molar-refractivity contribution in [3.8, 4) is 0 Å². The topological polar surface area (TPSA) is 40.0 Å². The van der Waals surface area contributed by atoms with Gasteiger partial charge in [0.25, 0.3) is 0 Å². The first-order valence-electron chi connectivity index (χ1n) is 10.9. The zero-order valence-corrected chi connectivity index (χ0v) is 18.4. The molecule has 3 heterocycles. The maximum absolute atomic E-state index is 4.88. The molecule has 29 heavy (non-hydrogen) atoms. The molecular formula is C24H32N4S. The molecule has 0 saturated heterocycles. The number of benzene rings is 1. The third kappa shape index (κ3) is 5.08. The number of amidine groups is 2. The molecule has 2 atom stereocenters. The summed E-state index contributed by atoms with van der Waals surface area (Å²) in [6, 6.07) is 13.3. The summed E-state index contributed by atoms with van der Waals surface area (Å²) in [6.45, 7) is 9.60. The van der Waals surface area contributed by atoms with Crippen LogP contribution < -0.4 is 5.32 Å². The quantitative estimate of drug-likeness (QED) is 0.680. The van der Waals surface area contributed by atoms with Gasteiger partial charge in [0.05, 0.1) is 18.9 Å². The number of thiophene rings is 1. The highest BCUT2D eigenvalue weighted by molar-refractivity contribution is 7.09. The summed E-state index contributed by atoms with van der Waals surface area (Å²) >= 11 is 1.86. The highest BCUT2D eigenvalue weighted by atomic mass is 32.1. The lowest BCUT2D eigenvalue weighted by atomic mass is 9.90. The van der Waals surface area contributed by atoms with Crippen LogP contribution in [0.2, 0.25) is 0 Å². The second-order valence-corrected chi connectivity index (χ2v) is 9.26. The zero-order valence-electron chi connectivity index (χ0n) is 17.6. The fourth-order valence-electron chi connectivity index (χ4n) is 4.44. The maximum atomic E-state index is 4.88. The Kier molecular flexibility index (Phi) is 6.65. The van der Waals surface area contributed by atoms with Crippen molar-refractivity contribution in [3.63, 3.8) is 0 Å². The zero-order chi connectivity index (χ0) is 20.1. The van der Waals surface area contributed by atoms with Crippen LogP contribution in [0.15, 0.2) is 51.8 Å². The predicted octanol–water partition coefficient (Wildman–Crippen LogP) is 4.06. The number of hydrogen-bond acceptors (Lipinski definition) is 5. The van der Waals surface area contributed by atoms with Gasteiger partial charge in [0.1, 0.15) is 5.84 Å². The lowest BCUT2D eigenvalue weighted by Crippen LogP contribution is -2.34. The van der Waals surface area contributed by atoms with Crippen LogP contribution in [0.3, 0.4) is 0 Å². The standard InChI is InChI=1S/C24H32N4S/c1-18(23-25-10-11-26-23)16-20-6-3-4-7-21(20)17-19(2)24-27-12-14-28(24)13-9-22-8-5-15-29-22/h3-8,15,18-19H,9-14,16-17H2,1-2H3,(H,25,26)/t18-,19-/m0/s1. The van der Waals surface area contributed by atoms with E-state index in [2.05, 4.69) is 70.8 Å². The molecular weight excluding hydrogens is 376 g/mol. The molecule has 0 radical (unpaired) electrons. The van der Waals surface area contributed by atoms with Gasteiger partial charge in [-0.1, -0.05) is 44.2 Å². The van der Waals surface area contributed by atoms with Crippen LogP contribution >= 0.6 is 11.3 Å². The van der Waals surface area contributed by atoms with Gasteiger partial charge in [-0.15, -0.1) is 11.3 Å². The minimum atomic E-state index is 0.444. The third-order valence-electron chi connectivity index (χ3n) is 5.95. The van der Waals surface area contributed by atoms with Crippen LogP contribution in [-0.2, 0) is 19.3 Å². The Labute approximate surface area is 178 Å². The van der Waals surface area contributed by atoms with Gasteiger partial charge in [0.2, 0.25) is 0 Å². The van der Waals surface area contributed by atoms with Crippen molar-refractivity contribution < 1.29 is 0 Å². The van der Waals surface area contributed by atoms with Crippen molar-refractivity contribution in [2.75, 3.05) is 32.7 Å². The Morgan fingerprint density at radius 2 is 1.79 bits per heavy atom. The molecule has 0 aliphatic carbocycles. The van der Waals surface area contributed by atoms with E-state index in [0.717, 1.165) is 52.0 Å². The number of aliphatic imine (C=N–C) groups is 2. The van der Waals surface area contributed by atoms with Gasteiger partial charge in [-0.25, -0.2) is 0 Å². The molecule has 154 valence electrons. The van der Waals surface area contributed by atoms with E-state index in [4.69, 9.17) is 4.99 Å². The van der Waals surface area contributed by atoms with E-state index in [-0.39, 0.29) is 0 Å². The lowest BCUT2D eigenvalue weighted by molar-refractivity contribution is 0.439. The first-order valence-corrected chi connectivity index (χ1v) is 11.8. The van der Waals surface area contributed by atoms with Gasteiger partial charge in [0.15, 0.2) is 0 Å². The van der Waals surface area contributed by atoms with Gasteiger partial charge in [-0.3, -0.25) is 9.98 Å². The minimum absolute atomic E-state index is 0.444. The Morgan fingerprint density at radius 3 is 2.48 bits per heavy atom. The summed E-state index contributed by atoms with van der Waals surface area (Å²) in [5.41, 5.74) is 2.91. The molecule has 0 fully saturated rings. The second-order valence-electron chi connectivity index (χ2n) is 8.23. The van der Waals surface area contributed by atoms with Crippen molar-refractivity contribution in [2.24, 2.45) is 21.8 Å². The Balaban J connectivity index is 1.39. The molecule has 2 aromatic rings. The lowest BCUT2D eigenvalue weighted by Gasteiger charge is -2.25. The molecule has 0 spiro atoms. The van der Waals surface area contributed by atoms with Crippen molar-refractivity contribution in [1.82, 2.24) is 10.2 Å². The third-order valence-corrected chi connectivity index (χ3v) is 6.89.